The van der Waals surface area contributed by atoms with E-state index in [-0.39, 0.29) is 5.41 Å². The first kappa shape index (κ1) is 19.7. The Balaban J connectivity index is 0.000000701. The molecule has 3 rings (SSSR count). The highest BCUT2D eigenvalue weighted by Gasteiger charge is 2.29. The van der Waals surface area contributed by atoms with Crippen LogP contribution in [0.15, 0.2) is 36.4 Å². The lowest BCUT2D eigenvalue weighted by Crippen LogP contribution is -2.20. The van der Waals surface area contributed by atoms with E-state index >= 15 is 0 Å². The molecule has 2 aromatic heterocycles. The van der Waals surface area contributed by atoms with E-state index in [2.05, 4.69) is 44.7 Å². The van der Waals surface area contributed by atoms with Crippen molar-refractivity contribution in [3.8, 4) is 0 Å². The molecule has 134 valence electrons. The summed E-state index contributed by atoms with van der Waals surface area (Å²) < 4.78 is 1.68. The standard InChI is InChI=1S/C17H17Cl2N3.C3H8/c1-4-11-9-15(19)22-16(20-11)10-14(21-22)17(2,3)12-7-5-6-8-13(12)18;1-3-2/h5-10H,4H2,1-3H3;3H2,1-2H3. The van der Waals surface area contributed by atoms with Gasteiger partial charge in [0, 0.05) is 22.2 Å². The van der Waals surface area contributed by atoms with Crippen molar-refractivity contribution in [3.05, 3.63) is 63.5 Å². The van der Waals surface area contributed by atoms with Crippen LogP contribution in [-0.2, 0) is 11.8 Å². The third kappa shape index (κ3) is 4.16. The zero-order chi connectivity index (χ0) is 18.6. The van der Waals surface area contributed by atoms with Crippen LogP contribution < -0.4 is 0 Å². The normalized spacial score (nSPS) is 11.3. The summed E-state index contributed by atoms with van der Waals surface area (Å²) in [6.07, 6.45) is 2.09. The van der Waals surface area contributed by atoms with Crippen molar-refractivity contribution >= 4 is 28.8 Å². The Morgan fingerprint density at radius 3 is 2.28 bits per heavy atom. The van der Waals surface area contributed by atoms with E-state index in [0.717, 1.165) is 34.0 Å². The molecule has 3 aromatic rings. The van der Waals surface area contributed by atoms with Gasteiger partial charge in [0.15, 0.2) is 5.65 Å². The van der Waals surface area contributed by atoms with Gasteiger partial charge in [-0.05, 0) is 24.1 Å². The molecule has 0 unspecified atom stereocenters. The van der Waals surface area contributed by atoms with Crippen molar-refractivity contribution in [3.63, 3.8) is 0 Å². The van der Waals surface area contributed by atoms with Gasteiger partial charge in [0.25, 0.3) is 0 Å². The predicted octanol–water partition coefficient (Wildman–Crippen LogP) is 6.34. The van der Waals surface area contributed by atoms with Gasteiger partial charge in [0.05, 0.1) is 5.69 Å². The van der Waals surface area contributed by atoms with Crippen LogP contribution in [0.25, 0.3) is 5.65 Å². The summed E-state index contributed by atoms with van der Waals surface area (Å²) >= 11 is 12.7. The van der Waals surface area contributed by atoms with Crippen LogP contribution in [0.1, 0.15) is 58.0 Å². The number of halogens is 2. The highest BCUT2D eigenvalue weighted by Crippen LogP contribution is 2.35. The van der Waals surface area contributed by atoms with E-state index in [1.807, 2.05) is 36.4 Å². The number of hydrogen-bond acceptors (Lipinski definition) is 2. The summed E-state index contributed by atoms with van der Waals surface area (Å²) in [7, 11) is 0. The van der Waals surface area contributed by atoms with Crippen LogP contribution in [0, 0.1) is 0 Å². The summed E-state index contributed by atoms with van der Waals surface area (Å²) in [5, 5.41) is 5.95. The minimum Gasteiger partial charge on any atom is -0.233 e. The fourth-order valence-electron chi connectivity index (χ4n) is 2.58. The average Bonchev–Trinajstić information content (AvgIpc) is 3.01. The largest absolute Gasteiger partial charge is 0.233 e. The number of aromatic nitrogens is 3. The fraction of sp³-hybridized carbons (Fsp3) is 0.400. The van der Waals surface area contributed by atoms with Gasteiger partial charge in [-0.25, -0.2) is 9.50 Å². The zero-order valence-electron chi connectivity index (χ0n) is 15.5. The Bertz CT molecular complexity index is 853. The molecule has 0 saturated heterocycles. The molecule has 2 heterocycles. The molecule has 5 heteroatoms. The summed E-state index contributed by atoms with van der Waals surface area (Å²) in [5.74, 6) is 0. The van der Waals surface area contributed by atoms with Crippen LogP contribution in [0.3, 0.4) is 0 Å². The lowest BCUT2D eigenvalue weighted by Gasteiger charge is -2.24. The van der Waals surface area contributed by atoms with Crippen molar-refractivity contribution in [1.29, 1.82) is 0 Å². The number of rotatable bonds is 3. The van der Waals surface area contributed by atoms with E-state index in [1.54, 1.807) is 4.52 Å². The molecule has 0 fully saturated rings. The van der Waals surface area contributed by atoms with Gasteiger partial charge in [-0.3, -0.25) is 0 Å². The Kier molecular flexibility index (Phi) is 6.47. The molecule has 0 N–H and O–H groups in total. The highest BCUT2D eigenvalue weighted by atomic mass is 35.5. The van der Waals surface area contributed by atoms with Gasteiger partial charge in [-0.1, -0.05) is 82.4 Å². The van der Waals surface area contributed by atoms with Crippen LogP contribution in [0.4, 0.5) is 0 Å². The Morgan fingerprint density at radius 1 is 1.04 bits per heavy atom. The third-order valence-electron chi connectivity index (χ3n) is 3.99. The zero-order valence-corrected chi connectivity index (χ0v) is 17.0. The Morgan fingerprint density at radius 2 is 1.68 bits per heavy atom. The lowest BCUT2D eigenvalue weighted by atomic mass is 9.81. The highest BCUT2D eigenvalue weighted by molar-refractivity contribution is 6.31. The first-order chi connectivity index (χ1) is 11.8. The third-order valence-corrected chi connectivity index (χ3v) is 4.59. The number of fused-ring (bicyclic) bond motifs is 1. The second-order valence-electron chi connectivity index (χ2n) is 6.54. The van der Waals surface area contributed by atoms with Crippen LogP contribution >= 0.6 is 23.2 Å². The van der Waals surface area contributed by atoms with Gasteiger partial charge in [0.1, 0.15) is 5.15 Å². The predicted molar refractivity (Wildman–Crippen MR) is 107 cm³/mol. The molecule has 0 aliphatic heterocycles. The molecule has 3 nitrogen and oxygen atoms in total. The second kappa shape index (κ2) is 8.20. The molecule has 0 saturated carbocycles. The van der Waals surface area contributed by atoms with Crippen molar-refractivity contribution in [1.82, 2.24) is 14.6 Å². The second-order valence-corrected chi connectivity index (χ2v) is 7.33. The van der Waals surface area contributed by atoms with Gasteiger partial charge in [-0.15, -0.1) is 0 Å². The number of nitrogens with zero attached hydrogens (tertiary/aromatic N) is 3. The number of benzene rings is 1. The molecule has 1 aromatic carbocycles. The molecule has 0 amide bonds. The first-order valence-electron chi connectivity index (χ1n) is 8.65. The number of aryl methyl sites for hydroxylation is 1. The van der Waals surface area contributed by atoms with Gasteiger partial charge in [-0.2, -0.15) is 5.10 Å². The molecular formula is C20H25Cl2N3. The van der Waals surface area contributed by atoms with Gasteiger partial charge >= 0.3 is 0 Å². The van der Waals surface area contributed by atoms with E-state index in [1.165, 1.54) is 6.42 Å². The Hall–Kier alpha value is -1.58. The molecule has 0 radical (unpaired) electrons. The van der Waals surface area contributed by atoms with E-state index in [9.17, 15) is 0 Å². The maximum atomic E-state index is 6.36. The Labute approximate surface area is 160 Å². The van der Waals surface area contributed by atoms with Crippen molar-refractivity contribution < 1.29 is 0 Å². The summed E-state index contributed by atoms with van der Waals surface area (Å²) in [6.45, 7) is 10.5. The molecule has 25 heavy (non-hydrogen) atoms. The molecule has 0 bridgehead atoms. The van der Waals surface area contributed by atoms with Crippen molar-refractivity contribution in [2.45, 2.75) is 52.9 Å². The topological polar surface area (TPSA) is 30.2 Å². The van der Waals surface area contributed by atoms with E-state index in [0.29, 0.717) is 5.15 Å². The summed E-state index contributed by atoms with van der Waals surface area (Å²) in [5.41, 5.74) is 3.32. The summed E-state index contributed by atoms with van der Waals surface area (Å²) in [4.78, 5) is 4.59. The molecule has 0 aliphatic carbocycles. The SMILES string of the molecule is CCC.CCc1cc(Cl)n2nc(C(C)(C)c3ccccc3Cl)cc2n1. The smallest absolute Gasteiger partial charge is 0.157 e. The quantitative estimate of drug-likeness (QED) is 0.498. The first-order valence-corrected chi connectivity index (χ1v) is 9.41. The van der Waals surface area contributed by atoms with Gasteiger partial charge < -0.3 is 0 Å². The van der Waals surface area contributed by atoms with Crippen LogP contribution in [0.5, 0.6) is 0 Å². The lowest BCUT2D eigenvalue weighted by molar-refractivity contribution is 0.608. The molecule has 0 spiro atoms. The van der Waals surface area contributed by atoms with Crippen LogP contribution in [0.2, 0.25) is 10.2 Å². The van der Waals surface area contributed by atoms with Crippen LogP contribution in [-0.4, -0.2) is 14.6 Å². The minimum absolute atomic E-state index is 0.332. The van der Waals surface area contributed by atoms with Crippen molar-refractivity contribution in [2.24, 2.45) is 0 Å². The summed E-state index contributed by atoms with van der Waals surface area (Å²) in [6, 6.07) is 11.7. The monoisotopic (exact) mass is 377 g/mol. The van der Waals surface area contributed by atoms with E-state index in [4.69, 9.17) is 23.2 Å². The van der Waals surface area contributed by atoms with E-state index < -0.39 is 0 Å². The molecule has 0 atom stereocenters. The molecular weight excluding hydrogens is 353 g/mol. The minimum atomic E-state index is -0.332. The number of hydrogen-bond donors (Lipinski definition) is 0. The fourth-order valence-corrected chi connectivity index (χ4v) is 3.20. The van der Waals surface area contributed by atoms with Crippen molar-refractivity contribution in [2.75, 3.05) is 0 Å². The maximum Gasteiger partial charge on any atom is 0.157 e. The van der Waals surface area contributed by atoms with Gasteiger partial charge in [0.2, 0.25) is 0 Å². The molecule has 0 aliphatic rings. The maximum absolute atomic E-state index is 6.36. The average molecular weight is 378 g/mol.